The van der Waals surface area contributed by atoms with E-state index >= 15 is 0 Å². The number of hydrogen-bond acceptors (Lipinski definition) is 3. The van der Waals surface area contributed by atoms with Gasteiger partial charge in [0.25, 0.3) is 0 Å². The summed E-state index contributed by atoms with van der Waals surface area (Å²) in [6.07, 6.45) is 2.84. The van der Waals surface area contributed by atoms with E-state index in [1.165, 1.54) is 0 Å². The van der Waals surface area contributed by atoms with Crippen LogP contribution < -0.4 is 5.32 Å². The lowest BCUT2D eigenvalue weighted by atomic mass is 9.71. The van der Waals surface area contributed by atoms with Crippen molar-refractivity contribution < 1.29 is 14.6 Å². The van der Waals surface area contributed by atoms with E-state index in [1.54, 1.807) is 0 Å². The summed E-state index contributed by atoms with van der Waals surface area (Å²) < 4.78 is 5.24. The van der Waals surface area contributed by atoms with Gasteiger partial charge in [-0.2, -0.15) is 0 Å². The summed E-state index contributed by atoms with van der Waals surface area (Å²) in [5, 5.41) is 12.2. The van der Waals surface area contributed by atoms with Crippen LogP contribution in [0, 0.1) is 17.8 Å². The van der Waals surface area contributed by atoms with Gasteiger partial charge >= 0.3 is 6.09 Å². The molecule has 0 aromatic heterocycles. The Balaban J connectivity index is 1.42. The zero-order valence-corrected chi connectivity index (χ0v) is 11.5. The van der Waals surface area contributed by atoms with Gasteiger partial charge in [-0.25, -0.2) is 4.79 Å². The number of nitrogens with one attached hydrogen (secondary N) is 1. The van der Waals surface area contributed by atoms with Gasteiger partial charge < -0.3 is 15.2 Å². The lowest BCUT2D eigenvalue weighted by molar-refractivity contribution is 0.0985. The fraction of sp³-hybridized carbons (Fsp3) is 0.562. The average molecular weight is 275 g/mol. The first-order chi connectivity index (χ1) is 9.76. The molecule has 108 valence electrons. The smallest absolute Gasteiger partial charge is 0.407 e. The van der Waals surface area contributed by atoms with Gasteiger partial charge in [0.1, 0.15) is 6.61 Å². The predicted molar refractivity (Wildman–Crippen MR) is 75.0 cm³/mol. The van der Waals surface area contributed by atoms with Gasteiger partial charge in [-0.3, -0.25) is 0 Å². The zero-order chi connectivity index (χ0) is 13.9. The first kappa shape index (κ1) is 13.4. The fourth-order valence-corrected chi connectivity index (χ4v) is 3.58. The molecular weight excluding hydrogens is 254 g/mol. The fourth-order valence-electron chi connectivity index (χ4n) is 3.58. The highest BCUT2D eigenvalue weighted by Crippen LogP contribution is 2.49. The van der Waals surface area contributed by atoms with Gasteiger partial charge in [-0.05, 0) is 42.6 Å². The van der Waals surface area contributed by atoms with E-state index in [0.29, 0.717) is 24.4 Å². The van der Waals surface area contributed by atoms with E-state index in [9.17, 15) is 9.90 Å². The van der Waals surface area contributed by atoms with Crippen LogP contribution in [0.4, 0.5) is 4.79 Å². The number of aliphatic hydroxyl groups is 1. The third kappa shape index (κ3) is 2.80. The molecule has 1 aromatic carbocycles. The Morgan fingerprint density at radius 3 is 2.80 bits per heavy atom. The largest absolute Gasteiger partial charge is 0.445 e. The minimum absolute atomic E-state index is 0.236. The van der Waals surface area contributed by atoms with Crippen molar-refractivity contribution in [2.45, 2.75) is 31.9 Å². The number of aliphatic hydroxyl groups excluding tert-OH is 1. The average Bonchev–Trinajstić information content (AvgIpc) is 2.80. The number of benzene rings is 1. The molecule has 1 aromatic rings. The highest BCUT2D eigenvalue weighted by molar-refractivity contribution is 5.67. The molecule has 4 heteroatoms. The van der Waals surface area contributed by atoms with Crippen molar-refractivity contribution in [1.82, 2.24) is 5.32 Å². The van der Waals surface area contributed by atoms with Gasteiger partial charge in [-0.15, -0.1) is 0 Å². The summed E-state index contributed by atoms with van der Waals surface area (Å²) in [5.41, 5.74) is 0.996. The molecule has 0 radical (unpaired) electrons. The van der Waals surface area contributed by atoms with Crippen LogP contribution in [-0.2, 0) is 11.3 Å². The van der Waals surface area contributed by atoms with Crippen LogP contribution in [0.1, 0.15) is 24.8 Å². The van der Waals surface area contributed by atoms with Crippen molar-refractivity contribution in [3.63, 3.8) is 0 Å². The SMILES string of the molecule is O=C(N[C@H]1C[C@H]2CC(CO)C[C@H]21)OCc1ccccc1. The molecule has 0 spiro atoms. The molecule has 2 N–H and O–H groups in total. The third-order valence-electron chi connectivity index (χ3n) is 4.69. The normalized spacial score (nSPS) is 31.2. The number of amides is 1. The Labute approximate surface area is 119 Å². The predicted octanol–water partition coefficient (Wildman–Crippen LogP) is 2.32. The molecule has 0 aliphatic heterocycles. The van der Waals surface area contributed by atoms with Crippen LogP contribution in [0.2, 0.25) is 0 Å². The number of carbonyl (C=O) groups is 1. The maximum Gasteiger partial charge on any atom is 0.407 e. The standard InChI is InChI=1S/C16H21NO3/c18-9-12-6-13-8-15(14(13)7-12)17-16(19)20-10-11-4-2-1-3-5-11/h1-5,12-15,18H,6-10H2,(H,17,19)/t12?,13-,14-,15+/m1/s1. The van der Waals surface area contributed by atoms with E-state index in [0.717, 1.165) is 24.8 Å². The first-order valence-corrected chi connectivity index (χ1v) is 7.34. The van der Waals surface area contributed by atoms with E-state index < -0.39 is 0 Å². The van der Waals surface area contributed by atoms with E-state index in [4.69, 9.17) is 4.74 Å². The number of ether oxygens (including phenoxy) is 1. The van der Waals surface area contributed by atoms with Crippen LogP contribution in [0.5, 0.6) is 0 Å². The Hall–Kier alpha value is -1.55. The minimum Gasteiger partial charge on any atom is -0.445 e. The van der Waals surface area contributed by atoms with Gasteiger partial charge in [0.2, 0.25) is 0 Å². The van der Waals surface area contributed by atoms with Crippen LogP contribution in [0.3, 0.4) is 0 Å². The topological polar surface area (TPSA) is 58.6 Å². The molecule has 4 nitrogen and oxygen atoms in total. The molecule has 20 heavy (non-hydrogen) atoms. The lowest BCUT2D eigenvalue weighted by Gasteiger charge is -2.40. The minimum atomic E-state index is -0.329. The molecular formula is C16H21NO3. The highest BCUT2D eigenvalue weighted by atomic mass is 16.5. The summed E-state index contributed by atoms with van der Waals surface area (Å²) in [6.45, 7) is 0.588. The van der Waals surface area contributed by atoms with Gasteiger partial charge in [0.15, 0.2) is 0 Å². The maximum atomic E-state index is 11.8. The van der Waals surface area contributed by atoms with Crippen molar-refractivity contribution >= 4 is 6.09 Å². The number of hydrogen-bond donors (Lipinski definition) is 2. The maximum absolute atomic E-state index is 11.8. The molecule has 1 amide bonds. The Morgan fingerprint density at radius 2 is 2.05 bits per heavy atom. The molecule has 3 rings (SSSR count). The Kier molecular flexibility index (Phi) is 3.92. The lowest BCUT2D eigenvalue weighted by Crippen LogP contribution is -2.50. The summed E-state index contributed by atoms with van der Waals surface area (Å²) >= 11 is 0. The van der Waals surface area contributed by atoms with Crippen molar-refractivity contribution in [3.8, 4) is 0 Å². The number of rotatable bonds is 4. The van der Waals surface area contributed by atoms with Crippen molar-refractivity contribution in [2.75, 3.05) is 6.61 Å². The second-order valence-electron chi connectivity index (χ2n) is 5.99. The number of fused-ring (bicyclic) bond motifs is 1. The van der Waals surface area contributed by atoms with E-state index in [2.05, 4.69) is 5.32 Å². The molecule has 4 atom stereocenters. The summed E-state index contributed by atoms with van der Waals surface area (Å²) in [5.74, 6) is 1.65. The molecule has 2 saturated carbocycles. The van der Waals surface area contributed by atoms with Crippen molar-refractivity contribution in [1.29, 1.82) is 0 Å². The second kappa shape index (κ2) is 5.83. The van der Waals surface area contributed by atoms with Crippen molar-refractivity contribution in [3.05, 3.63) is 35.9 Å². The van der Waals surface area contributed by atoms with Gasteiger partial charge in [0.05, 0.1) is 0 Å². The van der Waals surface area contributed by atoms with Gasteiger partial charge in [-0.1, -0.05) is 30.3 Å². The monoisotopic (exact) mass is 275 g/mol. The van der Waals surface area contributed by atoms with Crippen molar-refractivity contribution in [2.24, 2.45) is 17.8 Å². The third-order valence-corrected chi connectivity index (χ3v) is 4.69. The van der Waals surface area contributed by atoms with E-state index in [-0.39, 0.29) is 18.7 Å². The second-order valence-corrected chi connectivity index (χ2v) is 5.99. The highest BCUT2D eigenvalue weighted by Gasteiger charge is 2.47. The molecule has 2 aliphatic rings. The Bertz CT molecular complexity index is 462. The molecule has 0 bridgehead atoms. The Morgan fingerprint density at radius 1 is 1.25 bits per heavy atom. The summed E-state index contributed by atoms with van der Waals surface area (Å²) in [7, 11) is 0. The number of carbonyl (C=O) groups excluding carboxylic acids is 1. The molecule has 0 saturated heterocycles. The molecule has 1 unspecified atom stereocenters. The molecule has 2 fully saturated rings. The summed E-state index contributed by atoms with van der Waals surface area (Å²) in [6, 6.07) is 9.92. The quantitative estimate of drug-likeness (QED) is 0.886. The van der Waals surface area contributed by atoms with Crippen LogP contribution in [-0.4, -0.2) is 23.8 Å². The first-order valence-electron chi connectivity index (χ1n) is 7.34. The van der Waals surface area contributed by atoms with Crippen LogP contribution >= 0.6 is 0 Å². The zero-order valence-electron chi connectivity index (χ0n) is 11.5. The summed E-state index contributed by atoms with van der Waals surface area (Å²) in [4.78, 5) is 11.8. The molecule has 0 heterocycles. The van der Waals surface area contributed by atoms with Gasteiger partial charge in [0, 0.05) is 12.6 Å². The van der Waals surface area contributed by atoms with Crippen LogP contribution in [0.25, 0.3) is 0 Å². The number of alkyl carbamates (subject to hydrolysis) is 1. The molecule has 2 aliphatic carbocycles. The van der Waals surface area contributed by atoms with E-state index in [1.807, 2.05) is 30.3 Å². The van der Waals surface area contributed by atoms with Crippen LogP contribution in [0.15, 0.2) is 30.3 Å².